The monoisotopic (exact) mass is 181 g/mol. The first-order chi connectivity index (χ1) is 5.54. The van der Waals surface area contributed by atoms with Crippen LogP contribution in [0.2, 0.25) is 0 Å². The molecule has 2 nitrogen and oxygen atoms in total. The molecule has 0 aromatic heterocycles. The summed E-state index contributed by atoms with van der Waals surface area (Å²) < 4.78 is 22.0. The van der Waals surface area contributed by atoms with Crippen molar-refractivity contribution in [3.8, 4) is 0 Å². The number of hydrogen-bond acceptors (Lipinski definition) is 2. The summed E-state index contributed by atoms with van der Waals surface area (Å²) in [6, 6.07) is 6.40. The fraction of sp³-hybridized carbons (Fsp3) is 0.111. The van der Waals surface area contributed by atoms with E-state index < -0.39 is 9.84 Å². The largest absolute Gasteiger partial charge is 0.224 e. The minimum Gasteiger partial charge on any atom is -0.224 e. The average Bonchev–Trinajstić information content (AvgIpc) is 2.03. The molecular weight excluding hydrogens is 172 g/mol. The Bertz CT molecular complexity index is 373. The number of sulfone groups is 1. The number of rotatable bonds is 2. The zero-order valence-electron chi connectivity index (χ0n) is 6.69. The van der Waals surface area contributed by atoms with Gasteiger partial charge in [0, 0.05) is 6.26 Å². The van der Waals surface area contributed by atoms with Gasteiger partial charge >= 0.3 is 0 Å². The normalized spacial score (nSPS) is 11.1. The van der Waals surface area contributed by atoms with Gasteiger partial charge in [0.2, 0.25) is 0 Å². The lowest BCUT2D eigenvalue weighted by Crippen LogP contribution is -1.95. The average molecular weight is 181 g/mol. The summed E-state index contributed by atoms with van der Waals surface area (Å²) in [6.07, 6.45) is 2.60. The molecule has 0 amide bonds. The molecule has 0 N–H and O–H groups in total. The van der Waals surface area contributed by atoms with Crippen molar-refractivity contribution in [2.75, 3.05) is 6.26 Å². The first kappa shape index (κ1) is 9.00. The molecule has 0 saturated carbocycles. The quantitative estimate of drug-likeness (QED) is 0.693. The van der Waals surface area contributed by atoms with Crippen LogP contribution in [0.3, 0.4) is 0 Å². The molecule has 1 aromatic rings. The number of hydrogen-bond donors (Lipinski definition) is 0. The first-order valence-corrected chi connectivity index (χ1v) is 5.28. The van der Waals surface area contributed by atoms with Gasteiger partial charge in [-0.2, -0.15) is 0 Å². The van der Waals surface area contributed by atoms with E-state index in [0.717, 1.165) is 5.56 Å². The summed E-state index contributed by atoms with van der Waals surface area (Å²) >= 11 is 0. The second kappa shape index (κ2) is 3.11. The maximum Gasteiger partial charge on any atom is 0.175 e. The lowest BCUT2D eigenvalue weighted by atomic mass is 10.2. The Morgan fingerprint density at radius 1 is 1.25 bits per heavy atom. The Morgan fingerprint density at radius 3 is 2.08 bits per heavy atom. The molecule has 0 bridgehead atoms. The van der Waals surface area contributed by atoms with Gasteiger partial charge in [0.05, 0.1) is 4.90 Å². The Kier molecular flexibility index (Phi) is 2.33. The molecule has 3 heteroatoms. The molecule has 0 aliphatic heterocycles. The van der Waals surface area contributed by atoms with Crippen LogP contribution < -0.4 is 0 Å². The molecule has 1 rings (SSSR count). The van der Waals surface area contributed by atoms with Crippen molar-refractivity contribution in [1.29, 1.82) is 0 Å². The van der Waals surface area contributed by atoms with Crippen LogP contribution in [0.25, 0.3) is 6.08 Å². The van der Waals surface area contributed by atoms with E-state index in [1.807, 2.05) is 0 Å². The maximum absolute atomic E-state index is 11.0. The third-order valence-electron chi connectivity index (χ3n) is 1.50. The molecule has 1 aromatic carbocycles. The summed E-state index contributed by atoms with van der Waals surface area (Å²) in [5.74, 6) is 0. The second-order valence-electron chi connectivity index (χ2n) is 2.51. The Morgan fingerprint density at radius 2 is 1.75 bits per heavy atom. The fourth-order valence-electron chi connectivity index (χ4n) is 0.826. The van der Waals surface area contributed by atoms with Crippen molar-refractivity contribution in [1.82, 2.24) is 0 Å². The van der Waals surface area contributed by atoms with E-state index in [0.29, 0.717) is 4.90 Å². The van der Waals surface area contributed by atoms with Gasteiger partial charge in [-0.3, -0.25) is 0 Å². The third kappa shape index (κ3) is 1.95. The maximum atomic E-state index is 11.0. The summed E-state index contributed by atoms with van der Waals surface area (Å²) in [7, 11) is -3.08. The topological polar surface area (TPSA) is 34.1 Å². The predicted molar refractivity (Wildman–Crippen MR) is 48.3 cm³/mol. The zero-order chi connectivity index (χ0) is 9.19. The Balaban J connectivity index is 3.17. The highest BCUT2D eigenvalue weighted by molar-refractivity contribution is 7.90. The molecule has 0 aliphatic carbocycles. The molecule has 63 valence electrons. The highest BCUT2D eigenvalue weighted by Crippen LogP contribution is 2.10. The van der Waals surface area contributed by atoms with Crippen molar-refractivity contribution in [3.05, 3.63) is 36.4 Å². The molecule has 0 aliphatic rings. The predicted octanol–water partition coefficient (Wildman–Crippen LogP) is 1.54. The van der Waals surface area contributed by atoms with Gasteiger partial charge in [-0.25, -0.2) is 8.42 Å². The van der Waals surface area contributed by atoms with Crippen LogP contribution in [-0.4, -0.2) is 14.7 Å². The zero-order valence-corrected chi connectivity index (χ0v) is 7.51. The van der Waals surface area contributed by atoms with E-state index in [1.165, 1.54) is 24.5 Å². The van der Waals surface area contributed by atoms with E-state index in [-0.39, 0.29) is 0 Å². The van der Waals surface area contributed by atoms with Crippen LogP contribution in [0.4, 0.5) is 0 Å². The van der Waals surface area contributed by atoms with Crippen LogP contribution in [0.5, 0.6) is 0 Å². The van der Waals surface area contributed by atoms with Crippen molar-refractivity contribution in [2.24, 2.45) is 0 Å². The van der Waals surface area contributed by atoms with Gasteiger partial charge < -0.3 is 0 Å². The lowest BCUT2D eigenvalue weighted by Gasteiger charge is -1.97. The first-order valence-electron chi connectivity index (χ1n) is 3.39. The molecule has 0 atom stereocenters. The standard InChI is InChI=1S/C9H9O2S/c1-3-8-4-6-9(7-5-8)12(2,10)11/h1,3-7H,2H3. The van der Waals surface area contributed by atoms with E-state index in [2.05, 4.69) is 0 Å². The highest BCUT2D eigenvalue weighted by atomic mass is 32.2. The summed E-state index contributed by atoms with van der Waals surface area (Å²) in [5.41, 5.74) is 0.808. The molecule has 0 fully saturated rings. The molecular formula is C9H9O2S. The van der Waals surface area contributed by atoms with E-state index in [1.54, 1.807) is 12.1 Å². The van der Waals surface area contributed by atoms with Gasteiger partial charge in [0.1, 0.15) is 0 Å². The molecule has 0 unspecified atom stereocenters. The molecule has 12 heavy (non-hydrogen) atoms. The molecule has 1 radical (unpaired) electrons. The van der Waals surface area contributed by atoms with Crippen molar-refractivity contribution in [2.45, 2.75) is 4.90 Å². The van der Waals surface area contributed by atoms with Crippen molar-refractivity contribution < 1.29 is 8.42 Å². The summed E-state index contributed by atoms with van der Waals surface area (Å²) in [4.78, 5) is 0.313. The van der Waals surface area contributed by atoms with E-state index in [9.17, 15) is 8.42 Å². The van der Waals surface area contributed by atoms with Gasteiger partial charge in [0.15, 0.2) is 9.84 Å². The van der Waals surface area contributed by atoms with Crippen LogP contribution in [0.15, 0.2) is 29.2 Å². The van der Waals surface area contributed by atoms with Crippen LogP contribution in [0, 0.1) is 6.58 Å². The van der Waals surface area contributed by atoms with Gasteiger partial charge in [-0.1, -0.05) is 24.8 Å². The minimum atomic E-state index is -3.08. The van der Waals surface area contributed by atoms with Gasteiger partial charge in [-0.05, 0) is 17.7 Å². The van der Waals surface area contributed by atoms with Crippen LogP contribution in [0.1, 0.15) is 5.56 Å². The third-order valence-corrected chi connectivity index (χ3v) is 2.63. The van der Waals surface area contributed by atoms with Crippen LogP contribution in [-0.2, 0) is 9.84 Å². The van der Waals surface area contributed by atoms with Crippen molar-refractivity contribution in [3.63, 3.8) is 0 Å². The number of benzene rings is 1. The van der Waals surface area contributed by atoms with Crippen LogP contribution >= 0.6 is 0 Å². The minimum absolute atomic E-state index is 0.313. The second-order valence-corrected chi connectivity index (χ2v) is 4.52. The lowest BCUT2D eigenvalue weighted by molar-refractivity contribution is 0.602. The Hall–Kier alpha value is -1.09. The molecule has 0 heterocycles. The van der Waals surface area contributed by atoms with E-state index >= 15 is 0 Å². The summed E-state index contributed by atoms with van der Waals surface area (Å²) in [5, 5.41) is 0. The van der Waals surface area contributed by atoms with E-state index in [4.69, 9.17) is 6.58 Å². The fourth-order valence-corrected chi connectivity index (χ4v) is 1.46. The highest BCUT2D eigenvalue weighted by Gasteiger charge is 2.04. The van der Waals surface area contributed by atoms with Gasteiger partial charge in [0.25, 0.3) is 0 Å². The summed E-state index contributed by atoms with van der Waals surface area (Å²) in [6.45, 7) is 5.23. The SMILES string of the molecule is [CH]=Cc1ccc(S(C)(=O)=O)cc1. The smallest absolute Gasteiger partial charge is 0.175 e. The van der Waals surface area contributed by atoms with Crippen molar-refractivity contribution >= 4 is 15.9 Å². The molecule has 0 saturated heterocycles. The Labute approximate surface area is 72.5 Å². The molecule has 0 spiro atoms. The van der Waals surface area contributed by atoms with Gasteiger partial charge in [-0.15, -0.1) is 0 Å².